The summed E-state index contributed by atoms with van der Waals surface area (Å²) in [6, 6.07) is 4.83. The number of nitrogens with one attached hydrogen (secondary N) is 5. The van der Waals surface area contributed by atoms with Gasteiger partial charge in [-0.1, -0.05) is 0 Å². The number of ether oxygens (including phenoxy) is 3. The molecule has 12 heterocycles. The van der Waals surface area contributed by atoms with Crippen LogP contribution in [-0.4, -0.2) is 176 Å². The van der Waals surface area contributed by atoms with Crippen molar-refractivity contribution in [2.75, 3.05) is 96.6 Å². The number of nitrogen functional groups attached to an aromatic ring is 1. The van der Waals surface area contributed by atoms with Crippen LogP contribution < -0.4 is 63.2 Å². The Bertz CT molecular complexity index is 3710. The predicted octanol–water partition coefficient (Wildman–Crippen LogP) is 4.66. The zero-order valence-corrected chi connectivity index (χ0v) is 51.9. The van der Waals surface area contributed by atoms with Crippen LogP contribution in [0.15, 0.2) is 74.6 Å². The highest BCUT2D eigenvalue weighted by Gasteiger charge is 2.50. The second kappa shape index (κ2) is 27.8. The van der Waals surface area contributed by atoms with Gasteiger partial charge in [0.05, 0.1) is 64.0 Å². The topological polar surface area (TPSA) is 318 Å². The molecule has 7 N–H and O–H groups in total. The minimum absolute atomic E-state index is 0.235. The Balaban J connectivity index is 0.000000152. The van der Waals surface area contributed by atoms with Gasteiger partial charge in [0, 0.05) is 77.8 Å². The fraction of sp³-hybridized carbons (Fsp3) is 0.474. The molecule has 6 aliphatic rings. The largest absolute Gasteiger partial charge is 0.491 e. The van der Waals surface area contributed by atoms with Crippen molar-refractivity contribution in [2.45, 2.75) is 95.6 Å². The summed E-state index contributed by atoms with van der Waals surface area (Å²) in [7, 11) is 4.46. The van der Waals surface area contributed by atoms with Gasteiger partial charge < -0.3 is 46.5 Å². The number of nitrogens with zero attached hydrogens (tertiary/aromatic N) is 12. The number of pyridine rings is 3. The molecule has 91 heavy (non-hydrogen) atoms. The molecule has 0 unspecified atom stereocenters. The van der Waals surface area contributed by atoms with Crippen LogP contribution in [0.25, 0.3) is 0 Å². The first-order valence-electron chi connectivity index (χ1n) is 28.6. The molecular formula is C57H67BrF6N18O9. The van der Waals surface area contributed by atoms with E-state index < -0.39 is 47.4 Å². The quantitative estimate of drug-likeness (QED) is 0.0857. The molecule has 0 atom stereocenters. The number of piperidine rings is 3. The molecule has 34 heteroatoms. The van der Waals surface area contributed by atoms with Gasteiger partial charge in [-0.2, -0.15) is 0 Å². The Morgan fingerprint density at radius 2 is 0.813 bits per heavy atom. The van der Waals surface area contributed by atoms with Crippen molar-refractivity contribution < 1.29 is 54.9 Å². The Labute approximate surface area is 524 Å². The maximum Gasteiger partial charge on any atom is 0.276 e. The van der Waals surface area contributed by atoms with Gasteiger partial charge in [0.15, 0.2) is 34.7 Å². The van der Waals surface area contributed by atoms with Crippen LogP contribution in [-0.2, 0) is 17.0 Å². The number of hydrogen-bond donors (Lipinski definition) is 6. The second-order valence-electron chi connectivity index (χ2n) is 22.3. The summed E-state index contributed by atoms with van der Waals surface area (Å²) >= 11 is 3.23. The van der Waals surface area contributed by atoms with Crippen molar-refractivity contribution in [3.63, 3.8) is 0 Å². The molecule has 27 nitrogen and oxygen atoms in total. The lowest BCUT2D eigenvalue weighted by Crippen LogP contribution is -2.55. The number of methoxy groups -OCH3 is 3. The Morgan fingerprint density at radius 3 is 1.12 bits per heavy atom. The Kier molecular flexibility index (Phi) is 20.3. The molecular weight excluding hydrogens is 1270 g/mol. The molecule has 6 aromatic rings. The van der Waals surface area contributed by atoms with Gasteiger partial charge in [0.1, 0.15) is 64.4 Å². The van der Waals surface area contributed by atoms with Crippen molar-refractivity contribution in [3.05, 3.63) is 125 Å². The lowest BCUT2D eigenvalue weighted by Gasteiger charge is -2.40. The number of halogens is 7. The number of anilines is 5. The number of carbonyl (C=O) groups is 3. The van der Waals surface area contributed by atoms with E-state index in [0.717, 1.165) is 5.56 Å². The minimum Gasteiger partial charge on any atom is -0.491 e. The van der Waals surface area contributed by atoms with Crippen LogP contribution in [0, 0.1) is 20.8 Å². The molecule has 3 fully saturated rings. The van der Waals surface area contributed by atoms with Crippen LogP contribution in [0.5, 0.6) is 17.2 Å². The zero-order chi connectivity index (χ0) is 65.7. The highest BCUT2D eigenvalue weighted by atomic mass is 79.9. The van der Waals surface area contributed by atoms with E-state index >= 15 is 0 Å². The average molecular weight is 1340 g/mol. The van der Waals surface area contributed by atoms with Gasteiger partial charge in [0.2, 0.25) is 0 Å². The normalized spacial score (nSPS) is 17.6. The van der Waals surface area contributed by atoms with E-state index in [2.05, 4.69) is 72.4 Å². The smallest absolute Gasteiger partial charge is 0.276 e. The molecule has 12 rings (SSSR count). The van der Waals surface area contributed by atoms with E-state index in [-0.39, 0.29) is 54.3 Å². The zero-order valence-electron chi connectivity index (χ0n) is 50.3. The Hall–Kier alpha value is -8.76. The van der Waals surface area contributed by atoms with Crippen LogP contribution in [0.2, 0.25) is 0 Å². The number of aryl methyl sites for hydroxylation is 3. The monoisotopic (exact) mass is 1340 g/mol. The number of rotatable bonds is 13. The first-order chi connectivity index (χ1) is 43.4. The highest BCUT2D eigenvalue weighted by Crippen LogP contribution is 2.38. The van der Waals surface area contributed by atoms with E-state index in [1.807, 2.05) is 0 Å². The fourth-order valence-corrected chi connectivity index (χ4v) is 12.7. The number of carbonyl (C=O) groups excluding carboxylic acids is 3. The summed E-state index contributed by atoms with van der Waals surface area (Å²) < 4.78 is 96.0. The van der Waals surface area contributed by atoms with Crippen LogP contribution >= 0.6 is 15.9 Å². The fourth-order valence-electron chi connectivity index (χ4n) is 12.2. The molecule has 3 amide bonds. The maximum atomic E-state index is 13.4. The molecule has 6 aliphatic heterocycles. The highest BCUT2D eigenvalue weighted by molar-refractivity contribution is 9.10. The minimum atomic E-state index is -2.42. The van der Waals surface area contributed by atoms with Crippen molar-refractivity contribution in [2.24, 2.45) is 0 Å². The van der Waals surface area contributed by atoms with Gasteiger partial charge >= 0.3 is 0 Å². The van der Waals surface area contributed by atoms with Crippen molar-refractivity contribution >= 4 is 62.5 Å². The number of fused-ring (bicyclic) bond motifs is 6. The molecule has 0 saturated carbocycles. The van der Waals surface area contributed by atoms with Crippen molar-refractivity contribution in [1.82, 2.24) is 74.3 Å². The lowest BCUT2D eigenvalue weighted by atomic mass is 9.96. The molecule has 488 valence electrons. The van der Waals surface area contributed by atoms with Crippen LogP contribution in [0.1, 0.15) is 86.7 Å². The molecule has 6 aromatic heterocycles. The standard InChI is InChI=1S/2C19H22F2N6O3.C14H16BrF2N3O2.C5H7N3O/c2*1-11-7-12(24-16-13(30-2)8-22-10-23-16)18(29)27-15(11)17(28)25-19(27)3-5-26(6-4-19)9-14(20)21;1-8-6-9(15)13(22)20-11(8)12(21)18-14(20)2-4-19(5-3-14)7-10(16)17;1-9-4-2-7-3-8-5(4)6/h2*7-8,10,14H,3-6,9H2,1-2H3,(H,25,28)(H,22,23,24);6,10H,2-5,7H2,1H3,(H,18,21);2-3H,1H3,(H2,6,7,8). The molecule has 0 bridgehead atoms. The molecule has 0 radical (unpaired) electrons. The number of alkyl halides is 6. The molecule has 0 aliphatic carbocycles. The van der Waals surface area contributed by atoms with E-state index in [0.29, 0.717) is 145 Å². The van der Waals surface area contributed by atoms with E-state index in [9.17, 15) is 55.1 Å². The predicted molar refractivity (Wildman–Crippen MR) is 322 cm³/mol. The third kappa shape index (κ3) is 13.9. The SMILES string of the molecule is COc1cncnc1N.COc1cncnc1Nc1cc(C)c2n(c1=O)C1(CCN(CC(F)F)CC1)NC2=O.COc1cncnc1Nc1cc(C)c2n(c1=O)C1(CCN(CC(F)F)CC1)NC2=O.Cc1cc(Br)c(=O)n2c1C(=O)NC21CCN(CC(F)F)CC1. The first kappa shape index (κ1) is 66.7. The number of amides is 3. The van der Waals surface area contributed by atoms with Crippen molar-refractivity contribution in [3.8, 4) is 17.2 Å². The van der Waals surface area contributed by atoms with E-state index in [1.54, 1.807) is 53.7 Å². The third-order valence-corrected chi connectivity index (χ3v) is 17.1. The molecule has 3 saturated heterocycles. The molecule has 3 spiro atoms. The summed E-state index contributed by atoms with van der Waals surface area (Å²) in [4.78, 5) is 105. The number of likely N-dealkylation sites (tertiary alicyclic amines) is 3. The van der Waals surface area contributed by atoms with Gasteiger partial charge in [-0.05, 0) is 71.6 Å². The average Bonchev–Trinajstić information content (AvgIpc) is 1.62. The summed E-state index contributed by atoms with van der Waals surface area (Å²) in [5, 5.41) is 14.7. The van der Waals surface area contributed by atoms with Gasteiger partial charge in [-0.3, -0.25) is 57.2 Å². The molecule has 0 aromatic carbocycles. The Morgan fingerprint density at radius 1 is 0.505 bits per heavy atom. The second-order valence-corrected chi connectivity index (χ2v) is 23.1. The van der Waals surface area contributed by atoms with Crippen LogP contribution in [0.4, 0.5) is 55.2 Å². The summed E-state index contributed by atoms with van der Waals surface area (Å²) in [6.07, 6.45) is 3.58. The van der Waals surface area contributed by atoms with Gasteiger partial charge in [0.25, 0.3) is 53.7 Å². The van der Waals surface area contributed by atoms with Gasteiger partial charge in [-0.15, -0.1) is 0 Å². The number of aromatic nitrogens is 9. The van der Waals surface area contributed by atoms with E-state index in [1.165, 1.54) is 72.6 Å². The van der Waals surface area contributed by atoms with Crippen LogP contribution in [0.3, 0.4) is 0 Å². The maximum absolute atomic E-state index is 13.4. The summed E-state index contributed by atoms with van der Waals surface area (Å²) in [6.45, 7) is 6.62. The number of hydrogen-bond acceptors (Lipinski definition) is 21. The van der Waals surface area contributed by atoms with Crippen molar-refractivity contribution in [1.29, 1.82) is 0 Å². The first-order valence-corrected chi connectivity index (χ1v) is 29.4. The van der Waals surface area contributed by atoms with E-state index in [4.69, 9.17) is 19.9 Å². The van der Waals surface area contributed by atoms with Gasteiger partial charge in [-0.25, -0.2) is 56.2 Å². The summed E-state index contributed by atoms with van der Waals surface area (Å²) in [5.41, 5.74) is 5.04. The lowest BCUT2D eigenvalue weighted by molar-refractivity contribution is 0.0390. The number of nitrogens with two attached hydrogens (primary N) is 1. The third-order valence-electron chi connectivity index (χ3n) is 16.6. The summed E-state index contributed by atoms with van der Waals surface area (Å²) in [5.74, 6) is 1.31.